The summed E-state index contributed by atoms with van der Waals surface area (Å²) in [5, 5.41) is 8.58. The Morgan fingerprint density at radius 3 is 1.33 bits per heavy atom. The maximum absolute atomic E-state index is 15.0. The number of rotatable bonds is 14. The molecule has 0 spiro atoms. The van der Waals surface area contributed by atoms with E-state index in [1.165, 1.54) is 10.0 Å². The Balaban J connectivity index is 1.02. The number of benzene rings is 2. The monoisotopic (exact) mass is 1030 g/mol. The van der Waals surface area contributed by atoms with E-state index < -0.39 is 12.1 Å². The summed E-state index contributed by atoms with van der Waals surface area (Å²) in [6.07, 6.45) is 10.6. The smallest absolute Gasteiger partial charge is 0.345 e. The molecule has 2 N–H and O–H groups in total. The van der Waals surface area contributed by atoms with Gasteiger partial charge in [-0.3, -0.25) is 9.97 Å². The number of pyridine rings is 2. The molecule has 22 nitrogen and oxygen atoms in total. The van der Waals surface area contributed by atoms with Crippen LogP contribution in [0.5, 0.6) is 0 Å². The van der Waals surface area contributed by atoms with Gasteiger partial charge in [0, 0.05) is 101 Å². The fraction of sp³-hybridized carbons (Fsp3) is 0.444. The lowest BCUT2D eigenvalue weighted by Gasteiger charge is -2.35. The quantitative estimate of drug-likeness (QED) is 0.113. The topological polar surface area (TPSA) is 206 Å². The summed E-state index contributed by atoms with van der Waals surface area (Å²) in [6, 6.07) is 20.2. The van der Waals surface area contributed by atoms with Gasteiger partial charge < -0.3 is 49.5 Å². The van der Waals surface area contributed by atoms with Crippen molar-refractivity contribution in [2.45, 2.75) is 39.5 Å². The average molecular weight is 1030 g/mol. The average Bonchev–Trinajstić information content (AvgIpc) is 3.89. The molecule has 4 amide bonds. The van der Waals surface area contributed by atoms with E-state index in [-0.39, 0.29) is 0 Å². The van der Waals surface area contributed by atoms with Gasteiger partial charge in [-0.25, -0.2) is 9.59 Å². The summed E-state index contributed by atoms with van der Waals surface area (Å²) in [4.78, 5) is 82.4. The van der Waals surface area contributed by atoms with Gasteiger partial charge in [0.2, 0.25) is 23.8 Å². The number of amides is 4. The van der Waals surface area contributed by atoms with Crippen molar-refractivity contribution in [1.29, 1.82) is 0 Å². The largest absolute Gasteiger partial charge is 0.378 e. The SMILES string of the molecule is CCCN1CCCN(c2nc(-c3ccc(N(C(=O)Nc4ccncc4)N(C(=O)Nc4cccnc4)c4ccc(-c5nc(N6CCOCC6)nc(N6CCCN(CCC)CC6)n5)cc4)cc3)nc(N3CCOCC3)n2)CC1. The van der Waals surface area contributed by atoms with Crippen LogP contribution >= 0.6 is 0 Å². The number of anilines is 8. The summed E-state index contributed by atoms with van der Waals surface area (Å²) in [5.41, 5.74) is 3.08. The van der Waals surface area contributed by atoms with E-state index in [2.05, 4.69) is 63.8 Å². The first-order valence-corrected chi connectivity index (χ1v) is 26.7. The minimum absolute atomic E-state index is 0.373. The third kappa shape index (κ3) is 12.9. The summed E-state index contributed by atoms with van der Waals surface area (Å²) in [7, 11) is 0. The van der Waals surface area contributed by atoms with Crippen molar-refractivity contribution in [1.82, 2.24) is 49.7 Å². The number of nitrogens with zero attached hydrogens (tertiary/aromatic N) is 16. The van der Waals surface area contributed by atoms with Gasteiger partial charge >= 0.3 is 12.1 Å². The van der Waals surface area contributed by atoms with Crippen LogP contribution in [-0.2, 0) is 9.47 Å². The molecular weight excluding hydrogens is 965 g/mol. The van der Waals surface area contributed by atoms with Crippen LogP contribution in [-0.4, -0.2) is 180 Å². The Hall–Kier alpha value is -7.66. The van der Waals surface area contributed by atoms with Crippen molar-refractivity contribution in [2.24, 2.45) is 0 Å². The number of hydrogen-bond donors (Lipinski definition) is 2. The molecule has 4 aliphatic heterocycles. The summed E-state index contributed by atoms with van der Waals surface area (Å²) in [5.74, 6) is 3.42. The summed E-state index contributed by atoms with van der Waals surface area (Å²) < 4.78 is 11.4. The van der Waals surface area contributed by atoms with E-state index in [9.17, 15) is 9.59 Å². The van der Waals surface area contributed by atoms with Crippen LogP contribution in [0.1, 0.15) is 39.5 Å². The second kappa shape index (κ2) is 25.2. The van der Waals surface area contributed by atoms with Gasteiger partial charge in [-0.15, -0.1) is 0 Å². The van der Waals surface area contributed by atoms with E-state index in [4.69, 9.17) is 39.4 Å². The number of morpholine rings is 2. The highest BCUT2D eigenvalue weighted by Crippen LogP contribution is 2.32. The first kappa shape index (κ1) is 51.8. The maximum atomic E-state index is 15.0. The molecule has 4 fully saturated rings. The molecule has 4 aromatic heterocycles. The van der Waals surface area contributed by atoms with Crippen LogP contribution in [0.15, 0.2) is 97.6 Å². The van der Waals surface area contributed by atoms with Gasteiger partial charge in [0.15, 0.2) is 11.6 Å². The Morgan fingerprint density at radius 1 is 0.474 bits per heavy atom. The first-order chi connectivity index (χ1) is 37.4. The van der Waals surface area contributed by atoms with Gasteiger partial charge in [-0.2, -0.15) is 39.9 Å². The molecule has 0 saturated carbocycles. The number of carbonyl (C=O) groups excluding carboxylic acids is 2. The van der Waals surface area contributed by atoms with E-state index >= 15 is 0 Å². The summed E-state index contributed by atoms with van der Waals surface area (Å²) in [6.45, 7) is 18.7. The van der Waals surface area contributed by atoms with Crippen LogP contribution < -0.4 is 40.3 Å². The lowest BCUT2D eigenvalue weighted by atomic mass is 10.1. The number of urea groups is 2. The highest BCUT2D eigenvalue weighted by atomic mass is 16.5. The van der Waals surface area contributed by atoms with Gasteiger partial charge in [-0.1, -0.05) is 13.8 Å². The second-order valence-corrected chi connectivity index (χ2v) is 19.1. The fourth-order valence-corrected chi connectivity index (χ4v) is 9.86. The van der Waals surface area contributed by atoms with Crippen molar-refractivity contribution < 1.29 is 19.1 Å². The van der Waals surface area contributed by atoms with E-state index in [1.807, 2.05) is 24.3 Å². The Morgan fingerprint density at radius 2 is 0.908 bits per heavy atom. The maximum Gasteiger partial charge on any atom is 0.345 e. The van der Waals surface area contributed by atoms with Gasteiger partial charge in [0.05, 0.1) is 49.7 Å². The number of nitrogens with one attached hydrogen (secondary N) is 2. The van der Waals surface area contributed by atoms with E-state index in [0.717, 1.165) is 91.1 Å². The highest BCUT2D eigenvalue weighted by molar-refractivity contribution is 6.13. The number of carbonyl (C=O) groups is 2. The summed E-state index contributed by atoms with van der Waals surface area (Å²) >= 11 is 0. The van der Waals surface area contributed by atoms with Crippen molar-refractivity contribution in [3.8, 4) is 22.8 Å². The lowest BCUT2D eigenvalue weighted by Crippen LogP contribution is -2.53. The fourth-order valence-electron chi connectivity index (χ4n) is 9.86. The molecule has 0 bridgehead atoms. The van der Waals surface area contributed by atoms with Gasteiger partial charge in [0.25, 0.3) is 0 Å². The Kier molecular flexibility index (Phi) is 17.2. The van der Waals surface area contributed by atoms with Crippen molar-refractivity contribution in [3.05, 3.63) is 97.6 Å². The predicted octanol–water partition coefficient (Wildman–Crippen LogP) is 6.39. The number of ether oxygens (including phenoxy) is 2. The van der Waals surface area contributed by atoms with Gasteiger partial charge in [0.1, 0.15) is 0 Å². The third-order valence-corrected chi connectivity index (χ3v) is 13.8. The Labute approximate surface area is 444 Å². The molecule has 6 aromatic rings. The first-order valence-electron chi connectivity index (χ1n) is 26.7. The van der Waals surface area contributed by atoms with Crippen molar-refractivity contribution >= 4 is 58.6 Å². The second-order valence-electron chi connectivity index (χ2n) is 19.1. The molecule has 398 valence electrons. The molecule has 10 rings (SSSR count). The minimum atomic E-state index is -0.628. The molecule has 76 heavy (non-hydrogen) atoms. The predicted molar refractivity (Wildman–Crippen MR) is 295 cm³/mol. The zero-order chi connectivity index (χ0) is 52.1. The molecule has 2 aromatic carbocycles. The molecule has 4 saturated heterocycles. The molecule has 8 heterocycles. The van der Waals surface area contributed by atoms with E-state index in [0.29, 0.717) is 122 Å². The zero-order valence-corrected chi connectivity index (χ0v) is 43.6. The Bertz CT molecular complexity index is 2630. The standard InChI is InChI=1S/C54H68N18O4/c1-3-22-65-24-6-26-67(30-28-65)49-59-47(61-51(63-49)69-32-36-75-37-33-69)41-9-13-45(14-10-41)71(53(73)57-43-17-20-55-21-18-43)72(54(74)58-44-8-5-19-56-40-44)46-15-11-42(12-16-46)48-60-50(64-52(62-48)70-34-38-76-39-35-70)68-27-7-25-66(23-4-2)29-31-68/h5,8-21,40H,3-4,6-7,22-39H2,1-2H3,(H,58,74)(H,55,57,73). The highest BCUT2D eigenvalue weighted by Gasteiger charge is 2.32. The zero-order valence-electron chi connectivity index (χ0n) is 43.6. The molecule has 0 unspecified atom stereocenters. The molecule has 0 aliphatic carbocycles. The molecule has 4 aliphatic rings. The van der Waals surface area contributed by atoms with Crippen LogP contribution in [0.3, 0.4) is 0 Å². The van der Waals surface area contributed by atoms with Crippen molar-refractivity contribution in [3.63, 3.8) is 0 Å². The lowest BCUT2D eigenvalue weighted by molar-refractivity contribution is 0.122. The van der Waals surface area contributed by atoms with Gasteiger partial charge in [-0.05, 0) is 125 Å². The normalized spacial score (nSPS) is 16.9. The van der Waals surface area contributed by atoms with Crippen molar-refractivity contribution in [2.75, 3.05) is 158 Å². The molecular formula is C54H68N18O4. The van der Waals surface area contributed by atoms with Crippen LogP contribution in [0.2, 0.25) is 0 Å². The number of aromatic nitrogens is 8. The molecule has 22 heteroatoms. The number of hydrogen-bond acceptors (Lipinski definition) is 18. The van der Waals surface area contributed by atoms with Crippen LogP contribution in [0.25, 0.3) is 22.8 Å². The third-order valence-electron chi connectivity index (χ3n) is 13.8. The molecule has 0 radical (unpaired) electrons. The minimum Gasteiger partial charge on any atom is -0.378 e. The van der Waals surface area contributed by atoms with Crippen LogP contribution in [0.4, 0.5) is 56.1 Å². The number of hydrazine groups is 1. The van der Waals surface area contributed by atoms with E-state index in [1.54, 1.807) is 73.3 Å². The van der Waals surface area contributed by atoms with Crippen LogP contribution in [0, 0.1) is 0 Å². The molecule has 0 atom stereocenters.